The van der Waals surface area contributed by atoms with Gasteiger partial charge in [-0.15, -0.1) is 12.3 Å². The zero-order chi connectivity index (χ0) is 15.4. The molecule has 1 amide bonds. The molecule has 1 unspecified atom stereocenters. The van der Waals surface area contributed by atoms with Crippen LogP contribution in [0.3, 0.4) is 0 Å². The van der Waals surface area contributed by atoms with Crippen molar-refractivity contribution in [3.8, 4) is 12.3 Å². The quantitative estimate of drug-likeness (QED) is 0.799. The van der Waals surface area contributed by atoms with Crippen LogP contribution in [0.5, 0.6) is 0 Å². The van der Waals surface area contributed by atoms with E-state index in [9.17, 15) is 14.7 Å². The Labute approximate surface area is 114 Å². The SMILES string of the molecule is C#CCC(C(=O)O)N(C(=O)OC(C)(C)C)C(C)(C)C. The van der Waals surface area contributed by atoms with Gasteiger partial charge in [0.2, 0.25) is 0 Å². The molecule has 0 fully saturated rings. The summed E-state index contributed by atoms with van der Waals surface area (Å²) in [5, 5.41) is 9.24. The zero-order valence-electron chi connectivity index (χ0n) is 12.5. The molecule has 19 heavy (non-hydrogen) atoms. The molecule has 0 aliphatic rings. The van der Waals surface area contributed by atoms with Crippen molar-refractivity contribution in [1.82, 2.24) is 4.90 Å². The van der Waals surface area contributed by atoms with E-state index < -0.39 is 29.2 Å². The third-order valence-corrected chi connectivity index (χ3v) is 2.22. The van der Waals surface area contributed by atoms with Crippen LogP contribution in [-0.2, 0) is 9.53 Å². The normalized spacial score (nSPS) is 13.3. The van der Waals surface area contributed by atoms with E-state index in [1.165, 1.54) is 4.90 Å². The van der Waals surface area contributed by atoms with Crippen LogP contribution >= 0.6 is 0 Å². The lowest BCUT2D eigenvalue weighted by molar-refractivity contribution is -0.145. The maximum atomic E-state index is 12.2. The van der Waals surface area contributed by atoms with Gasteiger partial charge in [0, 0.05) is 12.0 Å². The van der Waals surface area contributed by atoms with Gasteiger partial charge in [0.15, 0.2) is 0 Å². The highest BCUT2D eigenvalue weighted by Gasteiger charge is 2.39. The highest BCUT2D eigenvalue weighted by molar-refractivity contribution is 5.81. The van der Waals surface area contributed by atoms with E-state index >= 15 is 0 Å². The van der Waals surface area contributed by atoms with Crippen LogP contribution in [0.4, 0.5) is 4.79 Å². The van der Waals surface area contributed by atoms with Gasteiger partial charge in [0.05, 0.1) is 0 Å². The van der Waals surface area contributed by atoms with Crippen molar-refractivity contribution in [1.29, 1.82) is 0 Å². The average molecular weight is 269 g/mol. The van der Waals surface area contributed by atoms with Crippen LogP contribution in [0.15, 0.2) is 0 Å². The number of nitrogens with zero attached hydrogens (tertiary/aromatic N) is 1. The molecule has 0 saturated carbocycles. The van der Waals surface area contributed by atoms with Gasteiger partial charge in [0.25, 0.3) is 0 Å². The molecule has 108 valence electrons. The van der Waals surface area contributed by atoms with Crippen LogP contribution in [0.25, 0.3) is 0 Å². The molecule has 0 bridgehead atoms. The van der Waals surface area contributed by atoms with E-state index in [4.69, 9.17) is 11.2 Å². The number of carbonyl (C=O) groups is 2. The lowest BCUT2D eigenvalue weighted by Crippen LogP contribution is -2.55. The number of hydrogen-bond acceptors (Lipinski definition) is 3. The molecule has 1 atom stereocenters. The lowest BCUT2D eigenvalue weighted by atomic mass is 10.0. The van der Waals surface area contributed by atoms with Crippen LogP contribution < -0.4 is 0 Å². The molecule has 5 heteroatoms. The van der Waals surface area contributed by atoms with Crippen molar-refractivity contribution >= 4 is 12.1 Å². The number of amides is 1. The molecule has 0 heterocycles. The van der Waals surface area contributed by atoms with E-state index in [1.807, 2.05) is 0 Å². The largest absolute Gasteiger partial charge is 0.480 e. The standard InChI is InChI=1S/C14H23NO4/c1-8-9-10(11(16)17)15(13(2,3)4)12(18)19-14(5,6)7/h1,10H,9H2,2-7H3,(H,16,17). The molecule has 0 rings (SSSR count). The summed E-state index contributed by atoms with van der Waals surface area (Å²) in [7, 11) is 0. The molecule has 0 aliphatic heterocycles. The van der Waals surface area contributed by atoms with E-state index in [-0.39, 0.29) is 6.42 Å². The predicted molar refractivity (Wildman–Crippen MR) is 72.7 cm³/mol. The Bertz CT molecular complexity index is 382. The second-order valence-corrected chi connectivity index (χ2v) is 6.28. The highest BCUT2D eigenvalue weighted by Crippen LogP contribution is 2.23. The fourth-order valence-electron chi connectivity index (χ4n) is 1.58. The van der Waals surface area contributed by atoms with Crippen LogP contribution in [0.1, 0.15) is 48.0 Å². The average Bonchev–Trinajstić information content (AvgIpc) is 2.11. The summed E-state index contributed by atoms with van der Waals surface area (Å²) in [6.45, 7) is 10.4. The minimum Gasteiger partial charge on any atom is -0.480 e. The van der Waals surface area contributed by atoms with Crippen molar-refractivity contribution in [3.05, 3.63) is 0 Å². The monoisotopic (exact) mass is 269 g/mol. The maximum Gasteiger partial charge on any atom is 0.411 e. The topological polar surface area (TPSA) is 66.8 Å². The summed E-state index contributed by atoms with van der Waals surface area (Å²) in [5.74, 6) is 1.15. The Hall–Kier alpha value is -1.70. The Balaban J connectivity index is 5.39. The van der Waals surface area contributed by atoms with Crippen molar-refractivity contribution in [2.75, 3.05) is 0 Å². The fourth-order valence-corrected chi connectivity index (χ4v) is 1.58. The summed E-state index contributed by atoms with van der Waals surface area (Å²) in [6, 6.07) is -1.10. The number of terminal acetylenes is 1. The summed E-state index contributed by atoms with van der Waals surface area (Å²) in [4.78, 5) is 24.7. The van der Waals surface area contributed by atoms with Crippen molar-refractivity contribution < 1.29 is 19.4 Å². The van der Waals surface area contributed by atoms with E-state index in [0.29, 0.717) is 0 Å². The molecule has 0 aliphatic carbocycles. The lowest BCUT2D eigenvalue weighted by Gasteiger charge is -2.39. The molecule has 5 nitrogen and oxygen atoms in total. The Morgan fingerprint density at radius 1 is 1.26 bits per heavy atom. The summed E-state index contributed by atoms with van der Waals surface area (Å²) in [6.07, 6.45) is 4.44. The van der Waals surface area contributed by atoms with Crippen LogP contribution in [0.2, 0.25) is 0 Å². The molecule has 0 aromatic carbocycles. The van der Waals surface area contributed by atoms with E-state index in [1.54, 1.807) is 41.5 Å². The van der Waals surface area contributed by atoms with Crippen molar-refractivity contribution in [3.63, 3.8) is 0 Å². The number of carboxylic acids is 1. The van der Waals surface area contributed by atoms with Crippen LogP contribution in [0, 0.1) is 12.3 Å². The van der Waals surface area contributed by atoms with E-state index in [0.717, 1.165) is 0 Å². The molecular weight excluding hydrogens is 246 g/mol. The molecule has 0 spiro atoms. The second-order valence-electron chi connectivity index (χ2n) is 6.28. The molecule has 0 radical (unpaired) electrons. The summed E-state index contributed by atoms with van der Waals surface area (Å²) >= 11 is 0. The van der Waals surface area contributed by atoms with Gasteiger partial charge in [-0.2, -0.15) is 0 Å². The van der Waals surface area contributed by atoms with Gasteiger partial charge < -0.3 is 9.84 Å². The first-order valence-corrected chi connectivity index (χ1v) is 6.08. The smallest absolute Gasteiger partial charge is 0.411 e. The maximum absolute atomic E-state index is 12.2. The van der Waals surface area contributed by atoms with Gasteiger partial charge >= 0.3 is 12.1 Å². The fraction of sp³-hybridized carbons (Fsp3) is 0.714. The van der Waals surface area contributed by atoms with Gasteiger partial charge in [-0.25, -0.2) is 9.59 Å². The number of rotatable bonds is 3. The first kappa shape index (κ1) is 17.3. The van der Waals surface area contributed by atoms with Crippen molar-refractivity contribution in [2.24, 2.45) is 0 Å². The van der Waals surface area contributed by atoms with Gasteiger partial charge in [-0.05, 0) is 41.5 Å². The highest BCUT2D eigenvalue weighted by atomic mass is 16.6. The third kappa shape index (κ3) is 5.64. The van der Waals surface area contributed by atoms with E-state index in [2.05, 4.69) is 5.92 Å². The molecule has 0 aromatic heterocycles. The minimum absolute atomic E-state index is 0.0636. The summed E-state index contributed by atoms with van der Waals surface area (Å²) in [5.41, 5.74) is -1.40. The second kappa shape index (κ2) is 5.96. The molecule has 0 saturated heterocycles. The molecule has 1 N–H and O–H groups in total. The Kier molecular flexibility index (Phi) is 5.43. The predicted octanol–water partition coefficient (Wildman–Crippen LogP) is 2.50. The van der Waals surface area contributed by atoms with Gasteiger partial charge in [-0.1, -0.05) is 0 Å². The third-order valence-electron chi connectivity index (χ3n) is 2.22. The summed E-state index contributed by atoms with van der Waals surface area (Å²) < 4.78 is 5.26. The minimum atomic E-state index is -1.14. The number of hydrogen-bond donors (Lipinski definition) is 1. The van der Waals surface area contributed by atoms with Crippen LogP contribution in [-0.4, -0.2) is 39.3 Å². The van der Waals surface area contributed by atoms with Gasteiger partial charge in [-0.3, -0.25) is 4.90 Å². The molecule has 0 aromatic rings. The zero-order valence-corrected chi connectivity index (χ0v) is 12.5. The van der Waals surface area contributed by atoms with Crippen molar-refractivity contribution in [2.45, 2.75) is 65.1 Å². The number of carboxylic acid groups (broad SMARTS) is 1. The number of aliphatic carboxylic acids is 1. The number of carbonyl (C=O) groups excluding carboxylic acids is 1. The first-order chi connectivity index (χ1) is 8.40. The Morgan fingerprint density at radius 3 is 2.00 bits per heavy atom. The number of ether oxygens (including phenoxy) is 1. The Morgan fingerprint density at radius 2 is 1.74 bits per heavy atom. The van der Waals surface area contributed by atoms with Gasteiger partial charge in [0.1, 0.15) is 11.6 Å². The molecular formula is C14H23NO4. The first-order valence-electron chi connectivity index (χ1n) is 6.08.